The van der Waals surface area contributed by atoms with Crippen LogP contribution in [0, 0.1) is 6.92 Å². The SMILES string of the molecule is Cc1cc(C2CC2)cnc1N1CCN(C(=O)c2ccc(N3CCOC3=O)cc2N2CCCS2(=O)=O)CC1. The van der Waals surface area contributed by atoms with Crippen molar-refractivity contribution in [2.45, 2.75) is 32.1 Å². The average molecular weight is 526 g/mol. The van der Waals surface area contributed by atoms with Crippen LogP contribution in [0.1, 0.15) is 46.7 Å². The fourth-order valence-corrected chi connectivity index (χ4v) is 7.04. The molecule has 1 aliphatic carbocycles. The number of rotatable bonds is 5. The van der Waals surface area contributed by atoms with Crippen LogP contribution in [0.15, 0.2) is 30.5 Å². The number of hydrogen-bond donors (Lipinski definition) is 0. The molecule has 0 radical (unpaired) electrons. The van der Waals surface area contributed by atoms with Gasteiger partial charge in [0.15, 0.2) is 0 Å². The van der Waals surface area contributed by atoms with E-state index in [9.17, 15) is 18.0 Å². The molecule has 0 spiro atoms. The third kappa shape index (κ3) is 4.49. The lowest BCUT2D eigenvalue weighted by molar-refractivity contribution is 0.0747. The number of amides is 2. The number of carbonyl (C=O) groups excluding carboxylic acids is 2. The highest BCUT2D eigenvalue weighted by atomic mass is 32.2. The normalized spacial score (nSPS) is 21.5. The second-order valence-corrected chi connectivity index (χ2v) is 12.2. The minimum atomic E-state index is -3.52. The van der Waals surface area contributed by atoms with Gasteiger partial charge in [0.1, 0.15) is 12.4 Å². The van der Waals surface area contributed by atoms with Crippen LogP contribution in [0.2, 0.25) is 0 Å². The van der Waals surface area contributed by atoms with Gasteiger partial charge in [-0.1, -0.05) is 6.07 Å². The molecule has 1 aromatic heterocycles. The zero-order chi connectivity index (χ0) is 25.7. The molecular formula is C26H31N5O5S. The standard InChI is InChI=1S/C26H31N5O5S/c1-18-15-20(19-3-4-19)17-27-24(18)28-8-10-29(11-9-28)25(32)22-6-5-21(30-12-13-36-26(30)33)16-23(22)31-7-2-14-37(31,34)35/h5-6,15-17,19H,2-4,7-14H2,1H3. The number of pyridine rings is 1. The Labute approximate surface area is 216 Å². The zero-order valence-electron chi connectivity index (χ0n) is 20.9. The van der Waals surface area contributed by atoms with Gasteiger partial charge in [0.05, 0.1) is 23.5 Å². The molecule has 4 aliphatic rings. The van der Waals surface area contributed by atoms with E-state index in [1.165, 1.54) is 27.6 Å². The fourth-order valence-electron chi connectivity index (χ4n) is 5.47. The highest BCUT2D eigenvalue weighted by Crippen LogP contribution is 2.40. The van der Waals surface area contributed by atoms with Gasteiger partial charge in [-0.15, -0.1) is 0 Å². The summed E-state index contributed by atoms with van der Waals surface area (Å²) in [6.45, 7) is 5.38. The van der Waals surface area contributed by atoms with Crippen LogP contribution in [-0.2, 0) is 14.8 Å². The number of hydrogen-bond acceptors (Lipinski definition) is 7. The Morgan fingerprint density at radius 2 is 1.84 bits per heavy atom. The fraction of sp³-hybridized carbons (Fsp3) is 0.500. The molecule has 1 aromatic carbocycles. The molecule has 10 nitrogen and oxygen atoms in total. The highest BCUT2D eigenvalue weighted by molar-refractivity contribution is 7.93. The number of nitrogens with zero attached hydrogens (tertiary/aromatic N) is 5. The summed E-state index contributed by atoms with van der Waals surface area (Å²) < 4.78 is 31.9. The maximum atomic E-state index is 13.7. The van der Waals surface area contributed by atoms with Crippen molar-refractivity contribution >= 4 is 39.2 Å². The van der Waals surface area contributed by atoms with E-state index >= 15 is 0 Å². The number of sulfonamides is 1. The molecule has 196 valence electrons. The number of carbonyl (C=O) groups is 2. The Morgan fingerprint density at radius 3 is 2.46 bits per heavy atom. The summed E-state index contributed by atoms with van der Waals surface area (Å²) in [5.41, 5.74) is 3.65. The Kier molecular flexibility index (Phi) is 5.97. The minimum absolute atomic E-state index is 0.0428. The van der Waals surface area contributed by atoms with Gasteiger partial charge in [0.25, 0.3) is 5.91 Å². The molecule has 11 heteroatoms. The molecule has 0 atom stereocenters. The van der Waals surface area contributed by atoms with E-state index in [0.29, 0.717) is 68.5 Å². The molecule has 3 aliphatic heterocycles. The monoisotopic (exact) mass is 525 g/mol. The lowest BCUT2D eigenvalue weighted by Gasteiger charge is -2.36. The Balaban J connectivity index is 1.23. The summed E-state index contributed by atoms with van der Waals surface area (Å²) in [6, 6.07) is 7.20. The van der Waals surface area contributed by atoms with E-state index < -0.39 is 16.1 Å². The van der Waals surface area contributed by atoms with Crippen molar-refractivity contribution in [1.82, 2.24) is 9.88 Å². The van der Waals surface area contributed by atoms with E-state index in [4.69, 9.17) is 9.72 Å². The van der Waals surface area contributed by atoms with Crippen molar-refractivity contribution in [1.29, 1.82) is 0 Å². The van der Waals surface area contributed by atoms with E-state index in [1.807, 2.05) is 6.20 Å². The number of aromatic nitrogens is 1. The number of cyclic esters (lactones) is 1. The molecule has 1 saturated carbocycles. The predicted molar refractivity (Wildman–Crippen MR) is 140 cm³/mol. The quantitative estimate of drug-likeness (QED) is 0.591. The molecule has 2 aromatic rings. The summed E-state index contributed by atoms with van der Waals surface area (Å²) in [6.07, 6.45) is 4.49. The molecular weight excluding hydrogens is 494 g/mol. The van der Waals surface area contributed by atoms with Crippen molar-refractivity contribution in [3.63, 3.8) is 0 Å². The van der Waals surface area contributed by atoms with Gasteiger partial charge in [-0.2, -0.15) is 0 Å². The van der Waals surface area contributed by atoms with Crippen LogP contribution in [-0.4, -0.2) is 81.9 Å². The van der Waals surface area contributed by atoms with Gasteiger partial charge in [0.2, 0.25) is 10.0 Å². The first kappa shape index (κ1) is 24.0. The smallest absolute Gasteiger partial charge is 0.414 e. The Morgan fingerprint density at radius 1 is 1.05 bits per heavy atom. The second kappa shape index (κ2) is 9.20. The first-order valence-electron chi connectivity index (χ1n) is 12.9. The molecule has 6 rings (SSSR count). The van der Waals surface area contributed by atoms with Crippen molar-refractivity contribution < 1.29 is 22.7 Å². The molecule has 37 heavy (non-hydrogen) atoms. The molecule has 2 amide bonds. The van der Waals surface area contributed by atoms with Crippen molar-refractivity contribution in [2.75, 3.05) is 65.7 Å². The minimum Gasteiger partial charge on any atom is -0.447 e. The summed E-state index contributed by atoms with van der Waals surface area (Å²) >= 11 is 0. The Hall–Kier alpha value is -3.34. The summed E-state index contributed by atoms with van der Waals surface area (Å²) in [5, 5.41) is 0. The number of ether oxygens (including phenoxy) is 1. The molecule has 0 bridgehead atoms. The van der Waals surface area contributed by atoms with Crippen molar-refractivity contribution in [3.8, 4) is 0 Å². The predicted octanol–water partition coefficient (Wildman–Crippen LogP) is 2.73. The largest absolute Gasteiger partial charge is 0.447 e. The van der Waals surface area contributed by atoms with Crippen LogP contribution in [0.5, 0.6) is 0 Å². The number of anilines is 3. The summed E-state index contributed by atoms with van der Waals surface area (Å²) in [7, 11) is -3.52. The molecule has 0 unspecified atom stereocenters. The number of aryl methyl sites for hydroxylation is 1. The molecule has 3 saturated heterocycles. The summed E-state index contributed by atoms with van der Waals surface area (Å²) in [5.74, 6) is 1.45. The molecule has 4 heterocycles. The van der Waals surface area contributed by atoms with Gasteiger partial charge in [0, 0.05) is 44.6 Å². The van der Waals surface area contributed by atoms with Gasteiger partial charge >= 0.3 is 6.09 Å². The Bertz CT molecular complexity index is 1350. The zero-order valence-corrected chi connectivity index (χ0v) is 21.7. The lowest BCUT2D eigenvalue weighted by Crippen LogP contribution is -2.49. The van der Waals surface area contributed by atoms with Crippen molar-refractivity contribution in [3.05, 3.63) is 47.2 Å². The molecule has 4 fully saturated rings. The number of piperazine rings is 1. The van der Waals surface area contributed by atoms with Gasteiger partial charge in [-0.05, 0) is 61.4 Å². The first-order chi connectivity index (χ1) is 17.8. The van der Waals surface area contributed by atoms with E-state index in [-0.39, 0.29) is 18.3 Å². The third-order valence-electron chi connectivity index (χ3n) is 7.64. The topological polar surface area (TPSA) is 103 Å². The first-order valence-corrected chi connectivity index (χ1v) is 14.5. The lowest BCUT2D eigenvalue weighted by atomic mass is 10.1. The van der Waals surface area contributed by atoms with Crippen LogP contribution >= 0.6 is 0 Å². The van der Waals surface area contributed by atoms with Gasteiger partial charge in [-0.3, -0.25) is 14.0 Å². The third-order valence-corrected chi connectivity index (χ3v) is 9.49. The van der Waals surface area contributed by atoms with E-state index in [0.717, 1.165) is 11.4 Å². The number of benzene rings is 1. The average Bonchev–Trinajstić information content (AvgIpc) is 3.56. The second-order valence-electron chi connectivity index (χ2n) is 10.2. The van der Waals surface area contributed by atoms with E-state index in [2.05, 4.69) is 17.9 Å². The summed E-state index contributed by atoms with van der Waals surface area (Å²) in [4.78, 5) is 36.0. The van der Waals surface area contributed by atoms with Gasteiger partial charge < -0.3 is 14.5 Å². The maximum Gasteiger partial charge on any atom is 0.414 e. The van der Waals surface area contributed by atoms with Gasteiger partial charge in [-0.25, -0.2) is 18.2 Å². The van der Waals surface area contributed by atoms with Crippen LogP contribution in [0.25, 0.3) is 0 Å². The van der Waals surface area contributed by atoms with Crippen LogP contribution in [0.4, 0.5) is 22.0 Å². The maximum absolute atomic E-state index is 13.7. The van der Waals surface area contributed by atoms with E-state index in [1.54, 1.807) is 23.1 Å². The van der Waals surface area contributed by atoms with Crippen molar-refractivity contribution in [2.24, 2.45) is 0 Å². The highest BCUT2D eigenvalue weighted by Gasteiger charge is 2.35. The van der Waals surface area contributed by atoms with Crippen LogP contribution in [0.3, 0.4) is 0 Å². The molecule has 0 N–H and O–H groups in total. The van der Waals surface area contributed by atoms with Crippen LogP contribution < -0.4 is 14.1 Å².